The summed E-state index contributed by atoms with van der Waals surface area (Å²) in [6.45, 7) is 1.45. The fourth-order valence-electron chi connectivity index (χ4n) is 0.833. The molecule has 0 aliphatic rings. The predicted molar refractivity (Wildman–Crippen MR) is 53.4 cm³/mol. The Kier molecular flexibility index (Phi) is 3.75. The van der Waals surface area contributed by atoms with Gasteiger partial charge in [-0.25, -0.2) is 4.39 Å². The Morgan fingerprint density at radius 1 is 1.62 bits per heavy atom. The van der Waals surface area contributed by atoms with Crippen molar-refractivity contribution in [2.45, 2.75) is 12.7 Å². The van der Waals surface area contributed by atoms with E-state index in [1.54, 1.807) is 0 Å². The maximum Gasteiger partial charge on any atom is 0.186 e. The molecule has 0 spiro atoms. The summed E-state index contributed by atoms with van der Waals surface area (Å²) in [5, 5.41) is 0.458. The van der Waals surface area contributed by atoms with Crippen LogP contribution < -0.4 is 0 Å². The zero-order valence-corrected chi connectivity index (χ0v) is 8.58. The number of rotatable bonds is 2. The topological polar surface area (TPSA) is 17.1 Å². The average Bonchev–Trinajstić information content (AvgIpc) is 2.06. The quantitative estimate of drug-likeness (QED) is 0.758. The van der Waals surface area contributed by atoms with Crippen LogP contribution in [0.15, 0.2) is 18.2 Å². The maximum absolute atomic E-state index is 13.0. The number of halogens is 2. The zero-order chi connectivity index (χ0) is 9.84. The second-order valence-electron chi connectivity index (χ2n) is 2.52. The van der Waals surface area contributed by atoms with E-state index in [1.165, 1.54) is 25.1 Å². The Labute approximate surface area is 85.3 Å². The molecule has 70 valence electrons. The molecule has 0 radical (unpaired) electrons. The number of hydrogen-bond donors (Lipinski definition) is 0. The minimum atomic E-state index is -0.321. The van der Waals surface area contributed by atoms with E-state index in [1.807, 2.05) is 0 Å². The van der Waals surface area contributed by atoms with Crippen molar-refractivity contribution in [1.29, 1.82) is 0 Å². The van der Waals surface area contributed by atoms with Crippen molar-refractivity contribution < 1.29 is 9.18 Å². The van der Waals surface area contributed by atoms with E-state index in [-0.39, 0.29) is 10.9 Å². The molecule has 0 unspecified atom stereocenters. The molecule has 0 saturated carbocycles. The van der Waals surface area contributed by atoms with E-state index < -0.39 is 0 Å². The first kappa shape index (κ1) is 10.5. The summed E-state index contributed by atoms with van der Waals surface area (Å²) in [5.41, 5.74) is 0.465. The smallest absolute Gasteiger partial charge is 0.186 e. The molecule has 1 aromatic rings. The third kappa shape index (κ3) is 3.36. The van der Waals surface area contributed by atoms with Gasteiger partial charge in [-0.3, -0.25) is 4.79 Å². The molecule has 4 heteroatoms. The Morgan fingerprint density at radius 3 is 2.92 bits per heavy atom. The van der Waals surface area contributed by atoms with Crippen molar-refractivity contribution in [3.05, 3.63) is 34.6 Å². The van der Waals surface area contributed by atoms with E-state index in [4.69, 9.17) is 11.6 Å². The molecule has 0 fully saturated rings. The van der Waals surface area contributed by atoms with Gasteiger partial charge < -0.3 is 0 Å². The van der Waals surface area contributed by atoms with Gasteiger partial charge >= 0.3 is 0 Å². The molecule has 1 rings (SSSR count). The van der Waals surface area contributed by atoms with Gasteiger partial charge in [-0.1, -0.05) is 23.4 Å². The molecule has 0 heterocycles. The Bertz CT molecular complexity index is 327. The van der Waals surface area contributed by atoms with E-state index in [9.17, 15) is 9.18 Å². The third-order valence-electron chi connectivity index (χ3n) is 1.44. The monoisotopic (exact) mass is 218 g/mol. The molecular formula is C9H8ClFOS. The van der Waals surface area contributed by atoms with Crippen LogP contribution in [-0.2, 0) is 10.5 Å². The van der Waals surface area contributed by atoms with E-state index in [0.717, 1.165) is 11.8 Å². The molecule has 0 N–H and O–H groups in total. The Balaban J connectivity index is 2.75. The second-order valence-corrected chi connectivity index (χ2v) is 4.10. The second kappa shape index (κ2) is 4.63. The van der Waals surface area contributed by atoms with Crippen molar-refractivity contribution in [3.8, 4) is 0 Å². The lowest BCUT2D eigenvalue weighted by Crippen LogP contribution is -1.90. The SMILES string of the molecule is CC(=O)SCc1cc(Cl)ccc1F. The van der Waals surface area contributed by atoms with Crippen molar-refractivity contribution in [2.24, 2.45) is 0 Å². The summed E-state index contributed by atoms with van der Waals surface area (Å²) in [6.07, 6.45) is 0. The van der Waals surface area contributed by atoms with Gasteiger partial charge in [0, 0.05) is 17.7 Å². The molecule has 0 atom stereocenters. The molecule has 0 amide bonds. The number of hydrogen-bond acceptors (Lipinski definition) is 2. The minimum Gasteiger partial charge on any atom is -0.288 e. The van der Waals surface area contributed by atoms with Crippen molar-refractivity contribution in [3.63, 3.8) is 0 Å². The fourth-order valence-corrected chi connectivity index (χ4v) is 1.61. The molecule has 0 bridgehead atoms. The maximum atomic E-state index is 13.0. The first-order valence-electron chi connectivity index (χ1n) is 3.67. The van der Waals surface area contributed by atoms with Gasteiger partial charge in [0.1, 0.15) is 5.82 Å². The molecule has 1 aromatic carbocycles. The molecule has 13 heavy (non-hydrogen) atoms. The standard InChI is InChI=1S/C9H8ClFOS/c1-6(12)13-5-7-4-8(10)2-3-9(7)11/h2-4H,5H2,1H3. The van der Waals surface area contributed by atoms with Gasteiger partial charge in [0.05, 0.1) is 0 Å². The van der Waals surface area contributed by atoms with Crippen LogP contribution in [0.3, 0.4) is 0 Å². The first-order valence-corrected chi connectivity index (χ1v) is 5.03. The van der Waals surface area contributed by atoms with Crippen molar-refractivity contribution in [2.75, 3.05) is 0 Å². The summed E-state index contributed by atoms with van der Waals surface area (Å²) in [4.78, 5) is 10.6. The number of carbonyl (C=O) groups is 1. The third-order valence-corrected chi connectivity index (χ3v) is 2.54. The van der Waals surface area contributed by atoms with E-state index in [0.29, 0.717) is 16.3 Å². The molecule has 0 aliphatic heterocycles. The lowest BCUT2D eigenvalue weighted by molar-refractivity contribution is -0.109. The summed E-state index contributed by atoms with van der Waals surface area (Å²) >= 11 is 6.74. The van der Waals surface area contributed by atoms with E-state index in [2.05, 4.69) is 0 Å². The summed E-state index contributed by atoms with van der Waals surface area (Å²) in [6, 6.07) is 4.32. The van der Waals surface area contributed by atoms with Gasteiger partial charge in [-0.05, 0) is 23.8 Å². The summed E-state index contributed by atoms with van der Waals surface area (Å²) < 4.78 is 13.0. The van der Waals surface area contributed by atoms with Crippen molar-refractivity contribution in [1.82, 2.24) is 0 Å². The lowest BCUT2D eigenvalue weighted by Gasteiger charge is -2.01. The Morgan fingerprint density at radius 2 is 2.31 bits per heavy atom. The largest absolute Gasteiger partial charge is 0.288 e. The highest BCUT2D eigenvalue weighted by atomic mass is 35.5. The molecule has 1 nitrogen and oxygen atoms in total. The summed E-state index contributed by atoms with van der Waals surface area (Å²) in [7, 11) is 0. The van der Waals surface area contributed by atoms with Gasteiger partial charge in [-0.2, -0.15) is 0 Å². The van der Waals surface area contributed by atoms with Crippen LogP contribution in [0.4, 0.5) is 4.39 Å². The Hall–Kier alpha value is -0.540. The number of benzene rings is 1. The molecule has 0 aromatic heterocycles. The van der Waals surface area contributed by atoms with Crippen LogP contribution in [0.5, 0.6) is 0 Å². The van der Waals surface area contributed by atoms with Crippen molar-refractivity contribution >= 4 is 28.5 Å². The van der Waals surface area contributed by atoms with Crippen LogP contribution in [0.25, 0.3) is 0 Å². The average molecular weight is 219 g/mol. The molecule has 0 saturated heterocycles. The zero-order valence-electron chi connectivity index (χ0n) is 7.01. The predicted octanol–water partition coefficient (Wildman–Crippen LogP) is 3.26. The normalized spacial score (nSPS) is 10.1. The molecule has 0 aliphatic carbocycles. The number of carbonyl (C=O) groups excluding carboxylic acids is 1. The minimum absolute atomic E-state index is 0.0284. The molecular weight excluding hydrogens is 211 g/mol. The van der Waals surface area contributed by atoms with Gasteiger partial charge in [0.25, 0.3) is 0 Å². The first-order chi connectivity index (χ1) is 6.09. The fraction of sp³-hybridized carbons (Fsp3) is 0.222. The van der Waals surface area contributed by atoms with Crippen LogP contribution in [0.2, 0.25) is 5.02 Å². The van der Waals surface area contributed by atoms with Crippen LogP contribution in [-0.4, -0.2) is 5.12 Å². The highest BCUT2D eigenvalue weighted by molar-refractivity contribution is 8.12. The number of thioether (sulfide) groups is 1. The van der Waals surface area contributed by atoms with Gasteiger partial charge in [0.15, 0.2) is 5.12 Å². The highest BCUT2D eigenvalue weighted by Gasteiger charge is 2.04. The lowest BCUT2D eigenvalue weighted by atomic mass is 10.2. The summed E-state index contributed by atoms with van der Waals surface area (Å²) in [5.74, 6) is 0.0139. The van der Waals surface area contributed by atoms with Gasteiger partial charge in [-0.15, -0.1) is 0 Å². The van der Waals surface area contributed by atoms with Crippen LogP contribution >= 0.6 is 23.4 Å². The van der Waals surface area contributed by atoms with Crippen LogP contribution in [0, 0.1) is 5.82 Å². The van der Waals surface area contributed by atoms with E-state index >= 15 is 0 Å². The van der Waals surface area contributed by atoms with Crippen LogP contribution in [0.1, 0.15) is 12.5 Å². The highest BCUT2D eigenvalue weighted by Crippen LogP contribution is 2.19. The van der Waals surface area contributed by atoms with Gasteiger partial charge in [0.2, 0.25) is 0 Å².